The smallest absolute Gasteiger partial charge is 0.328 e. The molecule has 0 bridgehead atoms. The lowest BCUT2D eigenvalue weighted by Gasteiger charge is -2.28. The van der Waals surface area contributed by atoms with Gasteiger partial charge in [-0.25, -0.2) is 4.79 Å². The summed E-state index contributed by atoms with van der Waals surface area (Å²) in [6, 6.07) is 4.48. The molecule has 1 aromatic carbocycles. The number of carboxylic acid groups (broad SMARTS) is 1. The van der Waals surface area contributed by atoms with E-state index in [1.54, 1.807) is 18.2 Å². The van der Waals surface area contributed by atoms with E-state index in [1.807, 2.05) is 6.92 Å². The van der Waals surface area contributed by atoms with Crippen molar-refractivity contribution in [1.82, 2.24) is 10.6 Å². The summed E-state index contributed by atoms with van der Waals surface area (Å²) in [7, 11) is 0. The maximum absolute atomic E-state index is 12.2. The molecule has 0 saturated carbocycles. The first-order valence-electron chi connectivity index (χ1n) is 8.18. The monoisotopic (exact) mass is 363 g/mol. The van der Waals surface area contributed by atoms with E-state index in [1.165, 1.54) is 4.90 Å². The first-order chi connectivity index (χ1) is 12.4. The summed E-state index contributed by atoms with van der Waals surface area (Å²) in [5, 5.41) is 13.4. The summed E-state index contributed by atoms with van der Waals surface area (Å²) in [6.07, 6.45) is 0.116. The van der Waals surface area contributed by atoms with Gasteiger partial charge in [0, 0.05) is 30.8 Å². The molecule has 3 N–H and O–H groups in total. The second-order valence-electron chi connectivity index (χ2n) is 5.77. The van der Waals surface area contributed by atoms with Gasteiger partial charge in [-0.05, 0) is 24.6 Å². The van der Waals surface area contributed by atoms with E-state index in [2.05, 4.69) is 10.6 Å². The molecule has 0 atom stereocenters. The van der Waals surface area contributed by atoms with Crippen LogP contribution >= 0.6 is 0 Å². The van der Waals surface area contributed by atoms with Crippen molar-refractivity contribution in [1.29, 1.82) is 0 Å². The molecule has 4 amide bonds. The van der Waals surface area contributed by atoms with Gasteiger partial charge in [0.2, 0.25) is 5.91 Å². The zero-order valence-corrected chi connectivity index (χ0v) is 14.4. The molecular weight excluding hydrogens is 342 g/mol. The second-order valence-corrected chi connectivity index (χ2v) is 5.77. The topological polar surface area (TPSA) is 125 Å². The number of nitrogens with one attached hydrogen (secondary N) is 2. The number of carbonyl (C=O) groups is 4. The molecule has 140 valence electrons. The highest BCUT2D eigenvalue weighted by atomic mass is 16.5. The van der Waals surface area contributed by atoms with Crippen LogP contribution in [-0.2, 0) is 14.3 Å². The van der Waals surface area contributed by atoms with Gasteiger partial charge in [-0.15, -0.1) is 0 Å². The van der Waals surface area contributed by atoms with Crippen LogP contribution in [0.4, 0.5) is 10.5 Å². The molecule has 0 spiro atoms. The van der Waals surface area contributed by atoms with Crippen LogP contribution in [0.5, 0.6) is 0 Å². The highest BCUT2D eigenvalue weighted by Crippen LogP contribution is 2.23. The van der Waals surface area contributed by atoms with Gasteiger partial charge in [0.1, 0.15) is 0 Å². The Labute approximate surface area is 150 Å². The Bertz CT molecular complexity index is 718. The lowest BCUT2D eigenvalue weighted by molar-refractivity contribution is -0.138. The average Bonchev–Trinajstić information content (AvgIpc) is 2.58. The van der Waals surface area contributed by atoms with Crippen molar-refractivity contribution >= 4 is 29.5 Å². The van der Waals surface area contributed by atoms with E-state index < -0.39 is 12.0 Å². The SMILES string of the molecule is Cc1ccc(C(=O)NCCOCCC(=O)O)cc1N1CCC(=O)NC1=O. The molecule has 1 aliphatic heterocycles. The van der Waals surface area contributed by atoms with Crippen molar-refractivity contribution in [3.8, 4) is 0 Å². The standard InChI is InChI=1S/C17H21N3O6/c1-11-2-3-12(16(24)18-6-9-26-8-5-15(22)23)10-13(11)20-7-4-14(21)19-17(20)25/h2-3,10H,4-9H2,1H3,(H,18,24)(H,22,23)(H,19,21,25). The van der Waals surface area contributed by atoms with Gasteiger partial charge in [-0.3, -0.25) is 24.6 Å². The molecule has 0 unspecified atom stereocenters. The third-order valence-corrected chi connectivity index (χ3v) is 3.81. The minimum atomic E-state index is -0.940. The molecule has 26 heavy (non-hydrogen) atoms. The predicted octanol–water partition coefficient (Wildman–Crippen LogP) is 0.662. The quantitative estimate of drug-likeness (QED) is 0.583. The average molecular weight is 363 g/mol. The lowest BCUT2D eigenvalue weighted by atomic mass is 10.1. The fourth-order valence-electron chi connectivity index (χ4n) is 2.44. The van der Waals surface area contributed by atoms with E-state index >= 15 is 0 Å². The van der Waals surface area contributed by atoms with E-state index in [9.17, 15) is 19.2 Å². The third-order valence-electron chi connectivity index (χ3n) is 3.81. The van der Waals surface area contributed by atoms with Crippen molar-refractivity contribution in [2.24, 2.45) is 0 Å². The fourth-order valence-corrected chi connectivity index (χ4v) is 2.44. The Morgan fingerprint density at radius 2 is 2.08 bits per heavy atom. The van der Waals surface area contributed by atoms with Crippen LogP contribution in [0.1, 0.15) is 28.8 Å². The molecule has 1 heterocycles. The number of amides is 4. The molecule has 1 aromatic rings. The number of urea groups is 1. The second kappa shape index (κ2) is 8.95. The number of hydrogen-bond acceptors (Lipinski definition) is 5. The maximum atomic E-state index is 12.2. The molecule has 0 radical (unpaired) electrons. The van der Waals surface area contributed by atoms with E-state index in [0.29, 0.717) is 11.3 Å². The Kier molecular flexibility index (Phi) is 6.67. The van der Waals surface area contributed by atoms with Crippen LogP contribution < -0.4 is 15.5 Å². The molecule has 0 aliphatic carbocycles. The van der Waals surface area contributed by atoms with E-state index in [4.69, 9.17) is 9.84 Å². The van der Waals surface area contributed by atoms with Gasteiger partial charge in [0.15, 0.2) is 0 Å². The van der Waals surface area contributed by atoms with Gasteiger partial charge in [-0.1, -0.05) is 6.07 Å². The highest BCUT2D eigenvalue weighted by Gasteiger charge is 2.25. The van der Waals surface area contributed by atoms with Crippen LogP contribution in [0.2, 0.25) is 0 Å². The summed E-state index contributed by atoms with van der Waals surface area (Å²) in [5.41, 5.74) is 1.75. The van der Waals surface area contributed by atoms with Crippen molar-refractivity contribution in [3.05, 3.63) is 29.3 Å². The third kappa shape index (κ3) is 5.28. The number of ether oxygens (including phenoxy) is 1. The Morgan fingerprint density at radius 3 is 2.77 bits per heavy atom. The summed E-state index contributed by atoms with van der Waals surface area (Å²) in [5.74, 6) is -1.59. The van der Waals surface area contributed by atoms with Crippen LogP contribution in [0.25, 0.3) is 0 Å². The number of carboxylic acids is 1. The van der Waals surface area contributed by atoms with Crippen molar-refractivity contribution in [2.45, 2.75) is 19.8 Å². The number of aliphatic carboxylic acids is 1. The number of aryl methyl sites for hydroxylation is 1. The summed E-state index contributed by atoms with van der Waals surface area (Å²) >= 11 is 0. The molecule has 1 saturated heterocycles. The largest absolute Gasteiger partial charge is 0.481 e. The first-order valence-corrected chi connectivity index (χ1v) is 8.18. The number of hydrogen-bond donors (Lipinski definition) is 3. The van der Waals surface area contributed by atoms with Gasteiger partial charge in [0.05, 0.1) is 19.6 Å². The number of carbonyl (C=O) groups excluding carboxylic acids is 3. The predicted molar refractivity (Wildman–Crippen MR) is 92.1 cm³/mol. The first kappa shape index (κ1) is 19.4. The van der Waals surface area contributed by atoms with Crippen LogP contribution in [0.15, 0.2) is 18.2 Å². The molecule has 0 aromatic heterocycles. The summed E-state index contributed by atoms with van der Waals surface area (Å²) in [6.45, 7) is 2.60. The van der Waals surface area contributed by atoms with Gasteiger partial charge < -0.3 is 15.2 Å². The molecule has 9 heteroatoms. The van der Waals surface area contributed by atoms with Crippen molar-refractivity contribution in [2.75, 3.05) is 31.2 Å². The molecule has 1 aliphatic rings. The molecule has 2 rings (SSSR count). The Hall–Kier alpha value is -2.94. The van der Waals surface area contributed by atoms with Crippen molar-refractivity contribution in [3.63, 3.8) is 0 Å². The molecule has 1 fully saturated rings. The summed E-state index contributed by atoms with van der Waals surface area (Å²) in [4.78, 5) is 47.3. The molecular formula is C17H21N3O6. The van der Waals surface area contributed by atoms with Gasteiger partial charge in [-0.2, -0.15) is 0 Å². The van der Waals surface area contributed by atoms with Gasteiger partial charge >= 0.3 is 12.0 Å². The minimum absolute atomic E-state index is 0.0860. The lowest BCUT2D eigenvalue weighted by Crippen LogP contribution is -2.49. The van der Waals surface area contributed by atoms with E-state index in [-0.39, 0.29) is 51.0 Å². The maximum Gasteiger partial charge on any atom is 0.328 e. The minimum Gasteiger partial charge on any atom is -0.481 e. The Morgan fingerprint density at radius 1 is 1.31 bits per heavy atom. The number of imide groups is 1. The molecule has 9 nitrogen and oxygen atoms in total. The number of anilines is 1. The number of benzene rings is 1. The van der Waals surface area contributed by atoms with Crippen LogP contribution in [-0.4, -0.2) is 55.2 Å². The zero-order chi connectivity index (χ0) is 19.1. The number of nitrogens with zero attached hydrogens (tertiary/aromatic N) is 1. The Balaban J connectivity index is 1.93. The normalized spacial score (nSPS) is 14.1. The zero-order valence-electron chi connectivity index (χ0n) is 14.4. The van der Waals surface area contributed by atoms with Crippen LogP contribution in [0.3, 0.4) is 0 Å². The number of rotatable bonds is 8. The summed E-state index contributed by atoms with van der Waals surface area (Å²) < 4.78 is 5.10. The van der Waals surface area contributed by atoms with Crippen LogP contribution in [0, 0.1) is 6.92 Å². The van der Waals surface area contributed by atoms with Gasteiger partial charge in [0.25, 0.3) is 5.91 Å². The van der Waals surface area contributed by atoms with Crippen molar-refractivity contribution < 1.29 is 29.0 Å². The highest BCUT2D eigenvalue weighted by molar-refractivity contribution is 6.06. The van der Waals surface area contributed by atoms with E-state index in [0.717, 1.165) is 5.56 Å². The fraction of sp³-hybridized carbons (Fsp3) is 0.412.